The molecule has 2 aromatic carbocycles. The molecule has 0 bridgehead atoms. The van der Waals surface area contributed by atoms with E-state index in [9.17, 15) is 25.5 Å². The average molecular weight is 332 g/mol. The minimum Gasteiger partial charge on any atom is -0.507 e. The average Bonchev–Trinajstić information content (AvgIpc) is 2.44. The van der Waals surface area contributed by atoms with Crippen molar-refractivity contribution in [2.45, 2.75) is 38.2 Å². The molecule has 0 fully saturated rings. The molecule has 0 saturated heterocycles. The molecule has 0 amide bonds. The molecule has 0 saturated carbocycles. The second-order valence-electron chi connectivity index (χ2n) is 7.09. The normalized spacial score (nSPS) is 21.8. The van der Waals surface area contributed by atoms with Crippen molar-refractivity contribution >= 4 is 0 Å². The van der Waals surface area contributed by atoms with Crippen LogP contribution in [0.25, 0.3) is 0 Å². The van der Waals surface area contributed by atoms with Gasteiger partial charge in [0.05, 0.1) is 0 Å². The molecule has 1 heterocycles. The predicted molar refractivity (Wildman–Crippen MR) is 86.8 cm³/mol. The Morgan fingerprint density at radius 3 is 1.83 bits per heavy atom. The van der Waals surface area contributed by atoms with Crippen LogP contribution in [-0.4, -0.2) is 25.5 Å². The first kappa shape index (κ1) is 16.1. The number of hydrogen-bond acceptors (Lipinski definition) is 6. The molecule has 24 heavy (non-hydrogen) atoms. The number of rotatable bonds is 1. The number of aromatic hydroxyl groups is 5. The van der Waals surface area contributed by atoms with E-state index < -0.39 is 16.8 Å². The first-order valence-electron chi connectivity index (χ1n) is 7.54. The Balaban J connectivity index is 2.17. The first-order chi connectivity index (χ1) is 11.0. The molecule has 1 atom stereocenters. The van der Waals surface area contributed by atoms with Gasteiger partial charge in [0.25, 0.3) is 0 Å². The fourth-order valence-corrected chi connectivity index (χ4v) is 3.53. The lowest BCUT2D eigenvalue weighted by molar-refractivity contribution is 0.0297. The highest BCUT2D eigenvalue weighted by Crippen LogP contribution is 2.53. The number of benzene rings is 2. The summed E-state index contributed by atoms with van der Waals surface area (Å²) in [7, 11) is 0. The van der Waals surface area contributed by atoms with Crippen LogP contribution in [0.5, 0.6) is 34.5 Å². The van der Waals surface area contributed by atoms with Crippen molar-refractivity contribution in [1.82, 2.24) is 0 Å². The van der Waals surface area contributed by atoms with Crippen LogP contribution in [0.4, 0.5) is 0 Å². The van der Waals surface area contributed by atoms with Crippen LogP contribution in [0.3, 0.4) is 0 Å². The first-order valence-corrected chi connectivity index (χ1v) is 7.54. The van der Waals surface area contributed by atoms with Crippen LogP contribution in [-0.2, 0) is 11.0 Å². The van der Waals surface area contributed by atoms with Gasteiger partial charge in [-0.15, -0.1) is 0 Å². The summed E-state index contributed by atoms with van der Waals surface area (Å²) in [4.78, 5) is 0. The zero-order valence-electron chi connectivity index (χ0n) is 13.7. The van der Waals surface area contributed by atoms with E-state index in [1.807, 2.05) is 13.8 Å². The Kier molecular flexibility index (Phi) is 3.27. The second-order valence-corrected chi connectivity index (χ2v) is 7.09. The maximum absolute atomic E-state index is 10.2. The van der Waals surface area contributed by atoms with Gasteiger partial charge in [0.15, 0.2) is 23.0 Å². The summed E-state index contributed by atoms with van der Waals surface area (Å²) < 4.78 is 6.03. The van der Waals surface area contributed by atoms with E-state index >= 15 is 0 Å². The monoisotopic (exact) mass is 332 g/mol. The molecule has 3 rings (SSSR count). The maximum Gasteiger partial charge on any atom is 0.161 e. The van der Waals surface area contributed by atoms with Gasteiger partial charge in [-0.05, 0) is 24.5 Å². The number of fused-ring (bicyclic) bond motifs is 1. The largest absolute Gasteiger partial charge is 0.507 e. The third-order valence-corrected chi connectivity index (χ3v) is 4.58. The number of ether oxygens (including phenoxy) is 1. The number of phenolic OH excluding ortho intramolecular Hbond substituents is 5. The summed E-state index contributed by atoms with van der Waals surface area (Å²) in [6, 6.07) is 5.14. The van der Waals surface area contributed by atoms with Crippen molar-refractivity contribution in [3.8, 4) is 34.5 Å². The van der Waals surface area contributed by atoms with Gasteiger partial charge in [-0.1, -0.05) is 13.8 Å². The summed E-state index contributed by atoms with van der Waals surface area (Å²) in [5.74, 6) is -1.11. The Hall–Kier alpha value is -2.76. The summed E-state index contributed by atoms with van der Waals surface area (Å²) in [5, 5.41) is 49.0. The Morgan fingerprint density at radius 2 is 1.21 bits per heavy atom. The summed E-state index contributed by atoms with van der Waals surface area (Å²) in [6.45, 7) is 5.67. The zero-order valence-corrected chi connectivity index (χ0v) is 13.7. The van der Waals surface area contributed by atoms with Gasteiger partial charge in [0.2, 0.25) is 0 Å². The molecule has 0 spiro atoms. The molecule has 6 heteroatoms. The maximum atomic E-state index is 10.2. The van der Waals surface area contributed by atoms with Gasteiger partial charge in [0, 0.05) is 29.7 Å². The molecule has 2 aromatic rings. The highest BCUT2D eigenvalue weighted by molar-refractivity contribution is 5.56. The van der Waals surface area contributed by atoms with Crippen molar-refractivity contribution in [3.63, 3.8) is 0 Å². The van der Waals surface area contributed by atoms with Gasteiger partial charge in [0.1, 0.15) is 17.1 Å². The summed E-state index contributed by atoms with van der Waals surface area (Å²) in [6.07, 6.45) is 0.439. The molecular formula is C18H20O6. The highest BCUT2D eigenvalue weighted by atomic mass is 16.5. The van der Waals surface area contributed by atoms with Gasteiger partial charge in [-0.2, -0.15) is 0 Å². The molecule has 6 nitrogen and oxygen atoms in total. The van der Waals surface area contributed by atoms with Gasteiger partial charge >= 0.3 is 0 Å². The molecule has 5 N–H and O–H groups in total. The molecule has 1 unspecified atom stereocenters. The van der Waals surface area contributed by atoms with Crippen molar-refractivity contribution in [3.05, 3.63) is 35.4 Å². The van der Waals surface area contributed by atoms with Crippen LogP contribution < -0.4 is 4.74 Å². The van der Waals surface area contributed by atoms with E-state index in [1.165, 1.54) is 18.2 Å². The standard InChI is InChI=1S/C18H20O6/c1-17(2)8-18(3,9-4-12(20)14(22)6-11(9)19)24-16-7-15(23)13(21)5-10(16)17/h4-7,19-23H,8H2,1-3H3. The lowest BCUT2D eigenvalue weighted by Gasteiger charge is -2.44. The van der Waals surface area contributed by atoms with Crippen molar-refractivity contribution in [2.24, 2.45) is 0 Å². The van der Waals surface area contributed by atoms with E-state index in [0.29, 0.717) is 17.7 Å². The lowest BCUT2D eigenvalue weighted by Crippen LogP contribution is -2.41. The smallest absolute Gasteiger partial charge is 0.161 e. The Morgan fingerprint density at radius 1 is 0.708 bits per heavy atom. The number of phenols is 5. The second kappa shape index (κ2) is 4.87. The third kappa shape index (κ3) is 2.35. The van der Waals surface area contributed by atoms with Crippen LogP contribution >= 0.6 is 0 Å². The lowest BCUT2D eigenvalue weighted by atomic mass is 9.71. The van der Waals surface area contributed by atoms with Crippen molar-refractivity contribution in [2.75, 3.05) is 0 Å². The summed E-state index contributed by atoms with van der Waals surface area (Å²) in [5.41, 5.74) is -0.385. The fraction of sp³-hybridized carbons (Fsp3) is 0.333. The third-order valence-electron chi connectivity index (χ3n) is 4.58. The zero-order chi connectivity index (χ0) is 17.9. The van der Waals surface area contributed by atoms with E-state index in [0.717, 1.165) is 11.6 Å². The van der Waals surface area contributed by atoms with Gasteiger partial charge in [-0.3, -0.25) is 0 Å². The van der Waals surface area contributed by atoms with Crippen molar-refractivity contribution < 1.29 is 30.3 Å². The van der Waals surface area contributed by atoms with Gasteiger partial charge < -0.3 is 30.3 Å². The van der Waals surface area contributed by atoms with Crippen LogP contribution in [0.2, 0.25) is 0 Å². The molecule has 1 aliphatic rings. The van der Waals surface area contributed by atoms with Crippen LogP contribution in [0.1, 0.15) is 38.3 Å². The van der Waals surface area contributed by atoms with Crippen LogP contribution in [0.15, 0.2) is 24.3 Å². The highest BCUT2D eigenvalue weighted by Gasteiger charge is 2.45. The van der Waals surface area contributed by atoms with E-state index in [-0.39, 0.29) is 23.0 Å². The predicted octanol–water partition coefficient (Wildman–Crippen LogP) is 3.19. The molecule has 1 aliphatic heterocycles. The SMILES string of the molecule is CC1(C)CC(C)(c2cc(O)c(O)cc2O)Oc2cc(O)c(O)cc21. The van der Waals surface area contributed by atoms with Crippen molar-refractivity contribution in [1.29, 1.82) is 0 Å². The molecule has 0 aromatic heterocycles. The van der Waals surface area contributed by atoms with Crippen LogP contribution in [0, 0.1) is 0 Å². The molecule has 128 valence electrons. The number of hydrogen-bond donors (Lipinski definition) is 5. The van der Waals surface area contributed by atoms with E-state index in [4.69, 9.17) is 4.74 Å². The minimum atomic E-state index is -1.00. The Bertz CT molecular complexity index is 827. The molecule has 0 aliphatic carbocycles. The molecular weight excluding hydrogens is 312 g/mol. The topological polar surface area (TPSA) is 110 Å². The van der Waals surface area contributed by atoms with E-state index in [2.05, 4.69) is 0 Å². The fourth-order valence-electron chi connectivity index (χ4n) is 3.53. The quantitative estimate of drug-likeness (QED) is 0.405. The minimum absolute atomic E-state index is 0.199. The Labute approximate surface area is 139 Å². The van der Waals surface area contributed by atoms with E-state index in [1.54, 1.807) is 6.92 Å². The summed E-state index contributed by atoms with van der Waals surface area (Å²) >= 11 is 0. The molecule has 0 radical (unpaired) electrons. The van der Waals surface area contributed by atoms with Gasteiger partial charge in [-0.25, -0.2) is 0 Å².